The molecule has 2 nitrogen and oxygen atoms in total. The van der Waals surface area contributed by atoms with E-state index in [1.54, 1.807) is 0 Å². The predicted octanol–water partition coefficient (Wildman–Crippen LogP) is 4.32. The van der Waals surface area contributed by atoms with Crippen LogP contribution >= 0.6 is 15.9 Å². The summed E-state index contributed by atoms with van der Waals surface area (Å²) >= 11 is 3.78. The van der Waals surface area contributed by atoms with Gasteiger partial charge in [0.1, 0.15) is 0 Å². The zero-order chi connectivity index (χ0) is 14.7. The van der Waals surface area contributed by atoms with Crippen LogP contribution < -0.4 is 5.32 Å². The molecule has 0 spiro atoms. The molecule has 0 bridgehead atoms. The predicted molar refractivity (Wildman–Crippen MR) is 92.3 cm³/mol. The first kappa shape index (κ1) is 15.5. The Labute approximate surface area is 137 Å². The third-order valence-electron chi connectivity index (χ3n) is 5.18. The summed E-state index contributed by atoms with van der Waals surface area (Å²) in [6.45, 7) is 6.54. The first-order valence-electron chi connectivity index (χ1n) is 8.50. The fraction of sp³-hybridized carbons (Fsp3) is 0.667. The number of piperidine rings is 1. The van der Waals surface area contributed by atoms with E-state index in [2.05, 4.69) is 51.3 Å². The lowest BCUT2D eigenvalue weighted by atomic mass is 9.91. The highest BCUT2D eigenvalue weighted by atomic mass is 79.9. The van der Waals surface area contributed by atoms with Gasteiger partial charge in [0.25, 0.3) is 0 Å². The Balaban J connectivity index is 1.66. The van der Waals surface area contributed by atoms with Crippen LogP contribution in [0.5, 0.6) is 0 Å². The molecule has 2 aliphatic rings. The average Bonchev–Trinajstić information content (AvgIpc) is 2.97. The second kappa shape index (κ2) is 7.26. The Morgan fingerprint density at radius 3 is 2.90 bits per heavy atom. The maximum atomic E-state index is 3.78. The second-order valence-electron chi connectivity index (χ2n) is 6.58. The third-order valence-corrected chi connectivity index (χ3v) is 5.92. The number of fused-ring (bicyclic) bond motifs is 1. The molecule has 1 aromatic carbocycles. The molecule has 1 N–H and O–H groups in total. The molecule has 1 aliphatic carbocycles. The van der Waals surface area contributed by atoms with E-state index in [1.807, 2.05) is 0 Å². The summed E-state index contributed by atoms with van der Waals surface area (Å²) in [5, 5.41) is 3.39. The minimum absolute atomic E-state index is 0.854. The molecule has 116 valence electrons. The smallest absolute Gasteiger partial charge is 0.0247 e. The van der Waals surface area contributed by atoms with Crippen LogP contribution in [0.15, 0.2) is 22.7 Å². The van der Waals surface area contributed by atoms with Gasteiger partial charge in [-0.3, -0.25) is 4.90 Å². The van der Waals surface area contributed by atoms with Gasteiger partial charge in [0.15, 0.2) is 0 Å². The lowest BCUT2D eigenvalue weighted by molar-refractivity contribution is 0.105. The van der Waals surface area contributed by atoms with Crippen molar-refractivity contribution in [1.29, 1.82) is 0 Å². The molecule has 1 heterocycles. The molecular formula is C18H27BrN2. The van der Waals surface area contributed by atoms with Gasteiger partial charge in [-0.25, -0.2) is 0 Å². The minimum Gasteiger partial charge on any atom is -0.313 e. The molecule has 0 radical (unpaired) electrons. The lowest BCUT2D eigenvalue weighted by Gasteiger charge is -2.38. The summed E-state index contributed by atoms with van der Waals surface area (Å²) in [5.74, 6) is 0.977. The Morgan fingerprint density at radius 1 is 1.24 bits per heavy atom. The van der Waals surface area contributed by atoms with Crippen molar-refractivity contribution in [2.45, 2.75) is 58.2 Å². The fourth-order valence-corrected chi connectivity index (χ4v) is 4.62. The second-order valence-corrected chi connectivity index (χ2v) is 7.43. The van der Waals surface area contributed by atoms with Crippen molar-refractivity contribution in [1.82, 2.24) is 10.2 Å². The van der Waals surface area contributed by atoms with E-state index < -0.39 is 0 Å². The van der Waals surface area contributed by atoms with E-state index in [1.165, 1.54) is 54.2 Å². The van der Waals surface area contributed by atoms with Crippen LogP contribution in [0.3, 0.4) is 0 Å². The highest BCUT2D eigenvalue weighted by molar-refractivity contribution is 9.10. The van der Waals surface area contributed by atoms with E-state index in [0.717, 1.165) is 31.6 Å². The minimum atomic E-state index is 0.854. The molecule has 1 saturated heterocycles. The number of benzene rings is 1. The monoisotopic (exact) mass is 350 g/mol. The molecule has 1 aliphatic heterocycles. The molecule has 21 heavy (non-hydrogen) atoms. The SMILES string of the molecule is CCNCc1ccc(CN2CCCC3CCCC32)c(Br)c1. The summed E-state index contributed by atoms with van der Waals surface area (Å²) in [6.07, 6.45) is 7.17. The number of nitrogens with zero attached hydrogens (tertiary/aromatic N) is 1. The molecule has 3 rings (SSSR count). The van der Waals surface area contributed by atoms with Crippen molar-refractivity contribution in [2.75, 3.05) is 13.1 Å². The summed E-state index contributed by atoms with van der Waals surface area (Å²) in [6, 6.07) is 7.73. The maximum Gasteiger partial charge on any atom is 0.0247 e. The Hall–Kier alpha value is -0.380. The van der Waals surface area contributed by atoms with E-state index in [0.29, 0.717) is 0 Å². The van der Waals surface area contributed by atoms with E-state index >= 15 is 0 Å². The fourth-order valence-electron chi connectivity index (χ4n) is 4.07. The number of likely N-dealkylation sites (tertiary alicyclic amines) is 1. The van der Waals surface area contributed by atoms with Crippen molar-refractivity contribution in [3.63, 3.8) is 0 Å². The number of rotatable bonds is 5. The summed E-state index contributed by atoms with van der Waals surface area (Å²) in [4.78, 5) is 2.74. The molecular weight excluding hydrogens is 324 g/mol. The van der Waals surface area contributed by atoms with Crippen LogP contribution in [0.2, 0.25) is 0 Å². The van der Waals surface area contributed by atoms with E-state index in [4.69, 9.17) is 0 Å². The Bertz CT molecular complexity index is 474. The van der Waals surface area contributed by atoms with Crippen molar-refractivity contribution >= 4 is 15.9 Å². The van der Waals surface area contributed by atoms with Crippen LogP contribution in [0, 0.1) is 5.92 Å². The van der Waals surface area contributed by atoms with Crippen molar-refractivity contribution in [2.24, 2.45) is 5.92 Å². The van der Waals surface area contributed by atoms with Gasteiger partial charge < -0.3 is 5.32 Å². The van der Waals surface area contributed by atoms with Crippen molar-refractivity contribution in [3.8, 4) is 0 Å². The quantitative estimate of drug-likeness (QED) is 0.850. The van der Waals surface area contributed by atoms with Gasteiger partial charge in [0.2, 0.25) is 0 Å². The van der Waals surface area contributed by atoms with Gasteiger partial charge in [0.05, 0.1) is 0 Å². The molecule has 1 aromatic rings. The molecule has 2 atom stereocenters. The summed E-state index contributed by atoms with van der Waals surface area (Å²) in [7, 11) is 0. The molecule has 1 saturated carbocycles. The highest BCUT2D eigenvalue weighted by Crippen LogP contribution is 2.37. The maximum absolute atomic E-state index is 3.78. The molecule has 3 heteroatoms. The number of halogens is 1. The van der Waals surface area contributed by atoms with Gasteiger partial charge in [-0.15, -0.1) is 0 Å². The lowest BCUT2D eigenvalue weighted by Crippen LogP contribution is -2.41. The van der Waals surface area contributed by atoms with Gasteiger partial charge in [-0.05, 0) is 61.9 Å². The van der Waals surface area contributed by atoms with Crippen molar-refractivity contribution in [3.05, 3.63) is 33.8 Å². The number of hydrogen-bond acceptors (Lipinski definition) is 2. The first-order valence-corrected chi connectivity index (χ1v) is 9.29. The number of hydrogen-bond donors (Lipinski definition) is 1. The van der Waals surface area contributed by atoms with E-state index in [-0.39, 0.29) is 0 Å². The first-order chi connectivity index (χ1) is 10.3. The third kappa shape index (κ3) is 3.69. The van der Waals surface area contributed by atoms with Crippen LogP contribution in [-0.4, -0.2) is 24.0 Å². The number of nitrogens with one attached hydrogen (secondary N) is 1. The topological polar surface area (TPSA) is 15.3 Å². The van der Waals surface area contributed by atoms with Crippen LogP contribution in [0.25, 0.3) is 0 Å². The zero-order valence-electron chi connectivity index (χ0n) is 13.1. The molecule has 0 amide bonds. The van der Waals surface area contributed by atoms with Gasteiger partial charge in [-0.2, -0.15) is 0 Å². The van der Waals surface area contributed by atoms with Crippen molar-refractivity contribution < 1.29 is 0 Å². The average molecular weight is 351 g/mol. The normalized spacial score (nSPS) is 26.0. The largest absolute Gasteiger partial charge is 0.313 e. The molecule has 2 unspecified atom stereocenters. The summed E-state index contributed by atoms with van der Waals surface area (Å²) in [5.41, 5.74) is 2.81. The molecule has 0 aromatic heterocycles. The molecule has 2 fully saturated rings. The van der Waals surface area contributed by atoms with Gasteiger partial charge in [0, 0.05) is 23.6 Å². The Kier molecular flexibility index (Phi) is 5.36. The van der Waals surface area contributed by atoms with Gasteiger partial charge in [-0.1, -0.05) is 41.4 Å². The zero-order valence-corrected chi connectivity index (χ0v) is 14.7. The van der Waals surface area contributed by atoms with E-state index in [9.17, 15) is 0 Å². The standard InChI is InChI=1S/C18H27BrN2/c1-2-20-12-14-8-9-16(17(19)11-14)13-21-10-4-6-15-5-3-7-18(15)21/h8-9,11,15,18,20H,2-7,10,12-13H2,1H3. The van der Waals surface area contributed by atoms with Crippen LogP contribution in [0.1, 0.15) is 50.2 Å². The van der Waals surface area contributed by atoms with Crippen LogP contribution in [0.4, 0.5) is 0 Å². The highest BCUT2D eigenvalue weighted by Gasteiger charge is 2.34. The van der Waals surface area contributed by atoms with Crippen LogP contribution in [-0.2, 0) is 13.1 Å². The Morgan fingerprint density at radius 2 is 2.10 bits per heavy atom. The summed E-state index contributed by atoms with van der Waals surface area (Å²) < 4.78 is 1.28. The van der Waals surface area contributed by atoms with Gasteiger partial charge >= 0.3 is 0 Å².